The summed E-state index contributed by atoms with van der Waals surface area (Å²) in [5.74, 6) is -1.04. The SMILES string of the molecule is CC\C=C/C=C\C=C/C=C\CCCCCC(=O)OC(COC(=O)CCCCC/C=C\C=C/CCCC)COC(=O)CCCCC/C=C\C/C=C\C/C=C\C/C=C\CC. The summed E-state index contributed by atoms with van der Waals surface area (Å²) in [6.07, 6.45) is 61.8. The summed E-state index contributed by atoms with van der Waals surface area (Å²) >= 11 is 0. The summed E-state index contributed by atoms with van der Waals surface area (Å²) in [6.45, 7) is 6.20. The minimum Gasteiger partial charge on any atom is -0.462 e. The first-order valence-corrected chi connectivity index (χ1v) is 22.6. The van der Waals surface area contributed by atoms with E-state index in [1.165, 1.54) is 12.8 Å². The lowest BCUT2D eigenvalue weighted by Crippen LogP contribution is -2.30. The zero-order valence-corrected chi connectivity index (χ0v) is 36.8. The molecule has 0 radical (unpaired) electrons. The number of unbranched alkanes of at least 4 members (excludes halogenated alkanes) is 11. The fraction of sp³-hybridized carbons (Fsp3) is 0.558. The van der Waals surface area contributed by atoms with Gasteiger partial charge in [0.1, 0.15) is 13.2 Å². The molecule has 6 nitrogen and oxygen atoms in total. The number of ether oxygens (including phenoxy) is 3. The third-order valence-corrected chi connectivity index (χ3v) is 8.80. The molecule has 0 spiro atoms. The van der Waals surface area contributed by atoms with E-state index in [4.69, 9.17) is 14.2 Å². The van der Waals surface area contributed by atoms with Gasteiger partial charge in [0.15, 0.2) is 6.10 Å². The fourth-order valence-corrected chi connectivity index (χ4v) is 5.42. The monoisotopic (exact) mass is 801 g/mol. The van der Waals surface area contributed by atoms with E-state index < -0.39 is 6.10 Å². The second-order valence-electron chi connectivity index (χ2n) is 14.3. The number of carbonyl (C=O) groups is 3. The molecule has 0 heterocycles. The number of rotatable bonds is 38. The van der Waals surface area contributed by atoms with Crippen LogP contribution in [0.25, 0.3) is 0 Å². The Morgan fingerprint density at radius 1 is 0.379 bits per heavy atom. The Labute approximate surface area is 354 Å². The number of esters is 3. The molecule has 0 aliphatic rings. The van der Waals surface area contributed by atoms with E-state index in [1.54, 1.807) is 0 Å². The van der Waals surface area contributed by atoms with Crippen molar-refractivity contribution in [3.8, 4) is 0 Å². The van der Waals surface area contributed by atoms with Gasteiger partial charge in [-0.1, -0.05) is 174 Å². The second kappa shape index (κ2) is 45.5. The van der Waals surface area contributed by atoms with Gasteiger partial charge in [-0.3, -0.25) is 14.4 Å². The Kier molecular flexibility index (Phi) is 42.2. The Morgan fingerprint density at radius 3 is 1.24 bits per heavy atom. The van der Waals surface area contributed by atoms with Gasteiger partial charge < -0.3 is 14.2 Å². The maximum absolute atomic E-state index is 12.7. The van der Waals surface area contributed by atoms with Crippen molar-refractivity contribution < 1.29 is 28.6 Å². The first kappa shape index (κ1) is 53.8. The van der Waals surface area contributed by atoms with Crippen LogP contribution in [-0.2, 0) is 28.6 Å². The van der Waals surface area contributed by atoms with Crippen molar-refractivity contribution in [1.29, 1.82) is 0 Å². The molecule has 0 aromatic carbocycles. The van der Waals surface area contributed by atoms with Crippen LogP contribution in [0, 0.1) is 0 Å². The molecule has 0 aromatic heterocycles. The highest BCUT2D eigenvalue weighted by atomic mass is 16.6. The second-order valence-corrected chi connectivity index (χ2v) is 14.3. The minimum absolute atomic E-state index is 0.123. The number of hydrogen-bond donors (Lipinski definition) is 0. The van der Waals surface area contributed by atoms with Gasteiger partial charge in [0.05, 0.1) is 0 Å². The molecule has 0 aliphatic heterocycles. The van der Waals surface area contributed by atoms with Crippen LogP contribution in [0.15, 0.2) is 122 Å². The van der Waals surface area contributed by atoms with Crippen LogP contribution in [0.3, 0.4) is 0 Å². The van der Waals surface area contributed by atoms with Crippen LogP contribution in [0.5, 0.6) is 0 Å². The molecule has 0 rings (SSSR count). The summed E-state index contributed by atoms with van der Waals surface area (Å²) in [6, 6.07) is 0. The van der Waals surface area contributed by atoms with Crippen molar-refractivity contribution >= 4 is 17.9 Å². The smallest absolute Gasteiger partial charge is 0.306 e. The molecule has 0 saturated carbocycles. The maximum atomic E-state index is 12.7. The van der Waals surface area contributed by atoms with Gasteiger partial charge in [-0.15, -0.1) is 0 Å². The Bertz CT molecular complexity index is 1290. The van der Waals surface area contributed by atoms with Crippen molar-refractivity contribution in [1.82, 2.24) is 0 Å². The van der Waals surface area contributed by atoms with Crippen molar-refractivity contribution in [3.05, 3.63) is 122 Å². The van der Waals surface area contributed by atoms with E-state index in [-0.39, 0.29) is 37.5 Å². The first-order chi connectivity index (χ1) is 28.5. The highest BCUT2D eigenvalue weighted by molar-refractivity contribution is 5.71. The molecular weight excluding hydrogens is 721 g/mol. The summed E-state index contributed by atoms with van der Waals surface area (Å²) < 4.78 is 16.6. The normalized spacial score (nSPS) is 13.2. The lowest BCUT2D eigenvalue weighted by atomic mass is 10.1. The fourth-order valence-electron chi connectivity index (χ4n) is 5.42. The predicted molar refractivity (Wildman–Crippen MR) is 246 cm³/mol. The van der Waals surface area contributed by atoms with Crippen molar-refractivity contribution in [3.63, 3.8) is 0 Å². The van der Waals surface area contributed by atoms with E-state index >= 15 is 0 Å². The molecule has 324 valence electrons. The summed E-state index contributed by atoms with van der Waals surface area (Å²) in [5.41, 5.74) is 0. The highest BCUT2D eigenvalue weighted by Crippen LogP contribution is 2.11. The average molecular weight is 801 g/mol. The van der Waals surface area contributed by atoms with Gasteiger partial charge in [0.2, 0.25) is 0 Å². The van der Waals surface area contributed by atoms with Crippen LogP contribution in [0.4, 0.5) is 0 Å². The molecule has 1 atom stereocenters. The third-order valence-electron chi connectivity index (χ3n) is 8.80. The summed E-state index contributed by atoms with van der Waals surface area (Å²) in [5, 5.41) is 0. The first-order valence-electron chi connectivity index (χ1n) is 22.6. The molecule has 0 amide bonds. The van der Waals surface area contributed by atoms with Crippen LogP contribution in [-0.4, -0.2) is 37.2 Å². The Morgan fingerprint density at radius 2 is 0.759 bits per heavy atom. The van der Waals surface area contributed by atoms with E-state index in [1.807, 2.05) is 36.5 Å². The lowest BCUT2D eigenvalue weighted by Gasteiger charge is -2.18. The molecule has 0 N–H and O–H groups in total. The molecular formula is C52H80O6. The maximum Gasteiger partial charge on any atom is 0.306 e. The molecule has 0 saturated heterocycles. The van der Waals surface area contributed by atoms with Crippen LogP contribution in [0.1, 0.15) is 168 Å². The van der Waals surface area contributed by atoms with Crippen LogP contribution >= 0.6 is 0 Å². The van der Waals surface area contributed by atoms with Crippen LogP contribution in [0.2, 0.25) is 0 Å². The van der Waals surface area contributed by atoms with E-state index in [9.17, 15) is 14.4 Å². The van der Waals surface area contributed by atoms with E-state index in [0.717, 1.165) is 109 Å². The largest absolute Gasteiger partial charge is 0.462 e. The zero-order valence-electron chi connectivity index (χ0n) is 36.8. The predicted octanol–water partition coefficient (Wildman–Crippen LogP) is 14.6. The molecule has 1 unspecified atom stereocenters. The quantitative estimate of drug-likeness (QED) is 0.0203. The molecule has 0 bridgehead atoms. The van der Waals surface area contributed by atoms with Gasteiger partial charge in [-0.2, -0.15) is 0 Å². The summed E-state index contributed by atoms with van der Waals surface area (Å²) in [4.78, 5) is 37.7. The minimum atomic E-state index is -0.824. The summed E-state index contributed by atoms with van der Waals surface area (Å²) in [7, 11) is 0. The Hall–Kier alpha value is -4.19. The van der Waals surface area contributed by atoms with Crippen molar-refractivity contribution in [2.45, 2.75) is 175 Å². The Balaban J connectivity index is 4.57. The number of carbonyl (C=O) groups excluding carboxylic acids is 3. The molecule has 0 aliphatic carbocycles. The highest BCUT2D eigenvalue weighted by Gasteiger charge is 2.19. The van der Waals surface area contributed by atoms with Gasteiger partial charge in [-0.05, 0) is 96.3 Å². The van der Waals surface area contributed by atoms with Crippen LogP contribution < -0.4 is 0 Å². The standard InChI is InChI=1S/C52H80O6/c1-4-7-10-13-16-19-22-24-25-26-28-30-33-36-39-42-45-51(54)57-48-49(47-56-50(53)44-41-38-35-32-29-21-18-15-12-9-6-3)58-52(55)46-43-40-37-34-31-27-23-20-17-14-11-8-5-2/h7-8,10-11,14-21,23-25,27-31,49H,4-6,9,12-13,22,26,32-48H2,1-3H3/b10-7-,11-8-,17-14-,18-15-,19-16-,23-20-,25-24-,29-21-,30-28-,31-27-. The van der Waals surface area contributed by atoms with E-state index in [0.29, 0.717) is 19.3 Å². The molecule has 6 heteroatoms. The molecule has 0 fully saturated rings. The van der Waals surface area contributed by atoms with E-state index in [2.05, 4.69) is 106 Å². The van der Waals surface area contributed by atoms with Gasteiger partial charge in [0.25, 0.3) is 0 Å². The molecule has 58 heavy (non-hydrogen) atoms. The number of hydrogen-bond acceptors (Lipinski definition) is 6. The van der Waals surface area contributed by atoms with Gasteiger partial charge in [0, 0.05) is 19.3 Å². The average Bonchev–Trinajstić information content (AvgIpc) is 3.22. The number of allylic oxidation sites excluding steroid dienone is 20. The molecule has 0 aromatic rings. The van der Waals surface area contributed by atoms with Gasteiger partial charge in [-0.25, -0.2) is 0 Å². The van der Waals surface area contributed by atoms with Gasteiger partial charge >= 0.3 is 17.9 Å². The lowest BCUT2D eigenvalue weighted by molar-refractivity contribution is -0.167. The van der Waals surface area contributed by atoms with Crippen molar-refractivity contribution in [2.24, 2.45) is 0 Å². The topological polar surface area (TPSA) is 78.9 Å². The van der Waals surface area contributed by atoms with Crippen molar-refractivity contribution in [2.75, 3.05) is 13.2 Å². The zero-order chi connectivity index (χ0) is 42.3. The third kappa shape index (κ3) is 42.9.